The van der Waals surface area contributed by atoms with Crippen LogP contribution >= 0.6 is 0 Å². The van der Waals surface area contributed by atoms with Crippen molar-refractivity contribution >= 4 is 12.3 Å². The molecule has 5 nitrogen and oxygen atoms in total. The molecule has 0 atom stereocenters. The van der Waals surface area contributed by atoms with E-state index in [0.717, 1.165) is 17.4 Å². The van der Waals surface area contributed by atoms with Crippen LogP contribution in [0.4, 0.5) is 0 Å². The molecule has 0 fully saturated rings. The van der Waals surface area contributed by atoms with Gasteiger partial charge in [0.1, 0.15) is 6.29 Å². The van der Waals surface area contributed by atoms with Crippen molar-refractivity contribution in [1.29, 1.82) is 0 Å². The SMILES string of the molecule is CCOC(=O)CCn1cc(-c2cccc(C=O)c2)cn1. The number of aryl methyl sites for hydroxylation is 1. The van der Waals surface area contributed by atoms with Gasteiger partial charge in [-0.1, -0.05) is 18.2 Å². The molecule has 1 heterocycles. The number of aldehydes is 1. The van der Waals surface area contributed by atoms with Gasteiger partial charge >= 0.3 is 5.97 Å². The number of carbonyl (C=O) groups is 2. The third-order valence-electron chi connectivity index (χ3n) is 2.84. The monoisotopic (exact) mass is 272 g/mol. The van der Waals surface area contributed by atoms with E-state index in [0.29, 0.717) is 25.1 Å². The first kappa shape index (κ1) is 14.0. The number of esters is 1. The predicted molar refractivity (Wildman–Crippen MR) is 74.3 cm³/mol. The van der Waals surface area contributed by atoms with Gasteiger partial charge in [-0.2, -0.15) is 5.10 Å². The second kappa shape index (κ2) is 6.65. The Labute approximate surface area is 117 Å². The number of aromatic nitrogens is 2. The van der Waals surface area contributed by atoms with Gasteiger partial charge in [0.25, 0.3) is 0 Å². The molecule has 5 heteroatoms. The number of benzene rings is 1. The van der Waals surface area contributed by atoms with Crippen molar-refractivity contribution in [3.63, 3.8) is 0 Å². The van der Waals surface area contributed by atoms with E-state index >= 15 is 0 Å². The lowest BCUT2D eigenvalue weighted by molar-refractivity contribution is -0.143. The van der Waals surface area contributed by atoms with Crippen LogP contribution in [0.5, 0.6) is 0 Å². The highest BCUT2D eigenvalue weighted by molar-refractivity contribution is 5.78. The maximum Gasteiger partial charge on any atom is 0.307 e. The summed E-state index contributed by atoms with van der Waals surface area (Å²) in [5, 5.41) is 4.20. The highest BCUT2D eigenvalue weighted by Gasteiger charge is 2.05. The Hall–Kier alpha value is -2.43. The molecule has 0 radical (unpaired) electrons. The van der Waals surface area contributed by atoms with Crippen LogP contribution in [0.2, 0.25) is 0 Å². The van der Waals surface area contributed by atoms with E-state index in [2.05, 4.69) is 5.10 Å². The van der Waals surface area contributed by atoms with Gasteiger partial charge in [-0.15, -0.1) is 0 Å². The molecule has 1 aromatic carbocycles. The van der Waals surface area contributed by atoms with E-state index in [1.807, 2.05) is 18.3 Å². The average molecular weight is 272 g/mol. The molecule has 0 saturated heterocycles. The van der Waals surface area contributed by atoms with E-state index < -0.39 is 0 Å². The summed E-state index contributed by atoms with van der Waals surface area (Å²) in [4.78, 5) is 22.0. The molecular formula is C15H16N2O3. The van der Waals surface area contributed by atoms with Crippen LogP contribution in [0, 0.1) is 0 Å². The van der Waals surface area contributed by atoms with Crippen LogP contribution in [0.25, 0.3) is 11.1 Å². The largest absolute Gasteiger partial charge is 0.466 e. The van der Waals surface area contributed by atoms with Crippen LogP contribution in [0.15, 0.2) is 36.7 Å². The van der Waals surface area contributed by atoms with E-state index in [4.69, 9.17) is 4.74 Å². The molecule has 0 aliphatic heterocycles. The number of hydrogen-bond acceptors (Lipinski definition) is 4. The van der Waals surface area contributed by atoms with Crippen LogP contribution in [0.1, 0.15) is 23.7 Å². The first-order valence-electron chi connectivity index (χ1n) is 6.46. The topological polar surface area (TPSA) is 61.2 Å². The number of hydrogen-bond donors (Lipinski definition) is 0. The molecule has 0 spiro atoms. The van der Waals surface area contributed by atoms with Gasteiger partial charge in [-0.25, -0.2) is 0 Å². The molecule has 104 valence electrons. The van der Waals surface area contributed by atoms with Crippen molar-refractivity contribution in [2.45, 2.75) is 19.9 Å². The predicted octanol–water partition coefficient (Wildman–Crippen LogP) is 2.32. The maximum atomic E-state index is 11.3. The zero-order valence-electron chi connectivity index (χ0n) is 11.3. The number of rotatable bonds is 6. The molecule has 0 aliphatic carbocycles. The molecule has 1 aromatic heterocycles. The molecule has 20 heavy (non-hydrogen) atoms. The molecule has 2 aromatic rings. The Kier molecular flexibility index (Phi) is 4.65. The Morgan fingerprint density at radius 2 is 2.25 bits per heavy atom. The highest BCUT2D eigenvalue weighted by Crippen LogP contribution is 2.19. The second-order valence-corrected chi connectivity index (χ2v) is 4.29. The zero-order chi connectivity index (χ0) is 14.4. The van der Waals surface area contributed by atoms with Gasteiger partial charge in [0.15, 0.2) is 0 Å². The molecule has 0 bridgehead atoms. The number of carbonyl (C=O) groups excluding carboxylic acids is 2. The molecule has 0 saturated carbocycles. The van der Waals surface area contributed by atoms with E-state index in [-0.39, 0.29) is 5.97 Å². The van der Waals surface area contributed by atoms with Gasteiger partial charge in [-0.05, 0) is 18.6 Å². The fourth-order valence-corrected chi connectivity index (χ4v) is 1.87. The van der Waals surface area contributed by atoms with Crippen molar-refractivity contribution in [2.24, 2.45) is 0 Å². The molecule has 0 aliphatic rings. The second-order valence-electron chi connectivity index (χ2n) is 4.29. The summed E-state index contributed by atoms with van der Waals surface area (Å²) in [5.41, 5.74) is 2.47. The van der Waals surface area contributed by atoms with Crippen LogP contribution in [0.3, 0.4) is 0 Å². The van der Waals surface area contributed by atoms with Crippen molar-refractivity contribution in [1.82, 2.24) is 9.78 Å². The summed E-state index contributed by atoms with van der Waals surface area (Å²) in [6.07, 6.45) is 4.68. The minimum Gasteiger partial charge on any atom is -0.466 e. The standard InChI is InChI=1S/C15H16N2O3/c1-2-20-15(19)6-7-17-10-14(9-16-17)13-5-3-4-12(8-13)11-18/h3-5,8-11H,2,6-7H2,1H3. The van der Waals surface area contributed by atoms with Gasteiger partial charge in [0, 0.05) is 17.3 Å². The summed E-state index contributed by atoms with van der Waals surface area (Å²) in [6, 6.07) is 7.30. The Bertz CT molecular complexity index is 605. The normalized spacial score (nSPS) is 10.2. The molecular weight excluding hydrogens is 256 g/mol. The fraction of sp³-hybridized carbons (Fsp3) is 0.267. The Balaban J connectivity index is 2.04. The first-order chi connectivity index (χ1) is 9.72. The summed E-state index contributed by atoms with van der Waals surface area (Å²) in [7, 11) is 0. The Morgan fingerprint density at radius 3 is 3.00 bits per heavy atom. The Morgan fingerprint density at radius 1 is 1.40 bits per heavy atom. The van der Waals surface area contributed by atoms with Crippen molar-refractivity contribution < 1.29 is 14.3 Å². The molecule has 2 rings (SSSR count). The van der Waals surface area contributed by atoms with Crippen LogP contribution < -0.4 is 0 Å². The van der Waals surface area contributed by atoms with Crippen molar-refractivity contribution in [3.8, 4) is 11.1 Å². The molecule has 0 N–H and O–H groups in total. The summed E-state index contributed by atoms with van der Waals surface area (Å²) in [6.45, 7) is 2.65. The summed E-state index contributed by atoms with van der Waals surface area (Å²) >= 11 is 0. The first-order valence-corrected chi connectivity index (χ1v) is 6.46. The smallest absolute Gasteiger partial charge is 0.307 e. The van der Waals surface area contributed by atoms with Crippen molar-refractivity contribution in [2.75, 3.05) is 6.61 Å². The average Bonchev–Trinajstić information content (AvgIpc) is 2.94. The lowest BCUT2D eigenvalue weighted by Crippen LogP contribution is -2.09. The number of nitrogens with zero attached hydrogens (tertiary/aromatic N) is 2. The van der Waals surface area contributed by atoms with E-state index in [9.17, 15) is 9.59 Å². The minimum atomic E-state index is -0.229. The van der Waals surface area contributed by atoms with Crippen LogP contribution in [-0.4, -0.2) is 28.6 Å². The summed E-state index contributed by atoms with van der Waals surface area (Å²) in [5.74, 6) is -0.229. The van der Waals surface area contributed by atoms with Crippen molar-refractivity contribution in [3.05, 3.63) is 42.2 Å². The minimum absolute atomic E-state index is 0.229. The van der Waals surface area contributed by atoms with E-state index in [1.54, 1.807) is 29.9 Å². The molecule has 0 unspecified atom stereocenters. The quantitative estimate of drug-likeness (QED) is 0.598. The van der Waals surface area contributed by atoms with E-state index in [1.165, 1.54) is 0 Å². The van der Waals surface area contributed by atoms with Gasteiger partial charge in [0.2, 0.25) is 0 Å². The lowest BCUT2D eigenvalue weighted by atomic mass is 10.1. The maximum absolute atomic E-state index is 11.3. The van der Waals surface area contributed by atoms with Gasteiger partial charge in [-0.3, -0.25) is 14.3 Å². The third kappa shape index (κ3) is 3.54. The third-order valence-corrected chi connectivity index (χ3v) is 2.84. The van der Waals surface area contributed by atoms with Crippen LogP contribution in [-0.2, 0) is 16.1 Å². The van der Waals surface area contributed by atoms with Gasteiger partial charge in [0.05, 0.1) is 25.8 Å². The number of ether oxygens (including phenoxy) is 1. The van der Waals surface area contributed by atoms with Gasteiger partial charge < -0.3 is 4.74 Å². The molecule has 0 amide bonds. The zero-order valence-corrected chi connectivity index (χ0v) is 11.3. The summed E-state index contributed by atoms with van der Waals surface area (Å²) < 4.78 is 6.56. The lowest BCUT2D eigenvalue weighted by Gasteiger charge is -2.02. The highest BCUT2D eigenvalue weighted by atomic mass is 16.5. The fourth-order valence-electron chi connectivity index (χ4n) is 1.87.